The molecule has 7 rings (SSSR count). The maximum absolute atomic E-state index is 5.76. The van der Waals surface area contributed by atoms with Crippen molar-refractivity contribution in [3.63, 3.8) is 0 Å². The highest BCUT2D eigenvalue weighted by Gasteiger charge is 2.17. The number of benzene rings is 3. The Morgan fingerprint density at radius 1 is 0.721 bits per heavy atom. The molecule has 2 fully saturated rings. The van der Waals surface area contributed by atoms with Crippen molar-refractivity contribution in [2.75, 3.05) is 56.8 Å². The number of ether oxygens (including phenoxy) is 4. The monoisotopic (exact) mass is 645 g/mol. The lowest BCUT2D eigenvalue weighted by Gasteiger charge is -2.24. The van der Waals surface area contributed by atoms with Crippen molar-refractivity contribution in [2.24, 2.45) is 0 Å². The number of hydrogen-bond acceptors (Lipinski definition) is 9. The summed E-state index contributed by atoms with van der Waals surface area (Å²) < 4.78 is 23.3. The van der Waals surface area contributed by atoms with E-state index in [4.69, 9.17) is 18.9 Å². The van der Waals surface area contributed by atoms with Crippen LogP contribution >= 0.6 is 15.9 Å². The Kier molecular flexibility index (Phi) is 9.71. The summed E-state index contributed by atoms with van der Waals surface area (Å²) in [6, 6.07) is 24.5. The van der Waals surface area contributed by atoms with E-state index in [2.05, 4.69) is 90.7 Å². The van der Waals surface area contributed by atoms with E-state index in [1.165, 1.54) is 11.1 Å². The maximum Gasteiger partial charge on any atom is 0.231 e. The first-order valence-corrected chi connectivity index (χ1v) is 15.3. The first-order chi connectivity index (χ1) is 21.1. The summed E-state index contributed by atoms with van der Waals surface area (Å²) in [5.41, 5.74) is 6.55. The molecule has 3 aliphatic heterocycles. The summed E-state index contributed by atoms with van der Waals surface area (Å²) in [6.45, 7) is 7.46. The van der Waals surface area contributed by atoms with Crippen LogP contribution in [0.5, 0.6) is 11.5 Å². The first-order valence-electron chi connectivity index (χ1n) is 14.5. The fourth-order valence-corrected chi connectivity index (χ4v) is 5.30. The van der Waals surface area contributed by atoms with E-state index in [1.54, 1.807) is 0 Å². The lowest BCUT2D eigenvalue weighted by Crippen LogP contribution is -2.33. The third kappa shape index (κ3) is 7.84. The fourth-order valence-electron chi connectivity index (χ4n) is 4.98. The largest absolute Gasteiger partial charge is 0.454 e. The molecule has 2 saturated heterocycles. The van der Waals surface area contributed by atoms with Gasteiger partial charge in [0.1, 0.15) is 5.82 Å². The number of halogens is 1. The normalized spacial score (nSPS) is 19.2. The highest BCUT2D eigenvalue weighted by Crippen LogP contribution is 2.35. The molecule has 0 saturated carbocycles. The van der Waals surface area contributed by atoms with Gasteiger partial charge in [-0.3, -0.25) is 0 Å². The molecule has 3 aliphatic rings. The topological polar surface area (TPSA) is 97.9 Å². The van der Waals surface area contributed by atoms with Crippen LogP contribution in [0.1, 0.15) is 28.9 Å². The van der Waals surface area contributed by atoms with Crippen LogP contribution in [0.3, 0.4) is 0 Å². The summed E-state index contributed by atoms with van der Waals surface area (Å²) >= 11 is 3.52. The summed E-state index contributed by atoms with van der Waals surface area (Å²) in [5.74, 6) is 2.40. The number of nitrogens with zero attached hydrogens (tertiary/aromatic N) is 1. The van der Waals surface area contributed by atoms with Crippen LogP contribution in [0.4, 0.5) is 22.9 Å². The van der Waals surface area contributed by atoms with Gasteiger partial charge in [-0.05, 0) is 66.1 Å². The molecule has 224 valence electrons. The van der Waals surface area contributed by atoms with Gasteiger partial charge in [0.25, 0.3) is 0 Å². The van der Waals surface area contributed by atoms with E-state index in [1.807, 2.05) is 37.4 Å². The lowest BCUT2D eigenvalue weighted by atomic mass is 10.1. The maximum atomic E-state index is 5.76. The Labute approximate surface area is 260 Å². The molecule has 10 heteroatoms. The average Bonchev–Trinajstić information content (AvgIpc) is 3.53. The van der Waals surface area contributed by atoms with E-state index in [-0.39, 0.29) is 12.2 Å². The molecule has 43 heavy (non-hydrogen) atoms. The standard InChI is InChI=1S/C17H18N2O3.C16H18BrN3O/c1-3-13(4-2-12(1)17-10-18-7-8-20-17)19-14-5-6-15-16(9-14)22-11-21-15;1-11-9-19-16(8-14(11)17)20-13-4-2-12(3-5-13)15-10-18-6-7-21-15/h1-6,9,17-19H,7-8,10-11H2;2-5,8-9,15,18H,6-7,10H2,1H3,(H,19,20)/t17-;15-/m11/s1. The number of aromatic nitrogens is 1. The second-order valence-corrected chi connectivity index (χ2v) is 11.4. The molecular formula is C33H36BrN5O4. The predicted molar refractivity (Wildman–Crippen MR) is 172 cm³/mol. The second-order valence-electron chi connectivity index (χ2n) is 10.5. The minimum atomic E-state index is 0.147. The van der Waals surface area contributed by atoms with Crippen LogP contribution in [0.2, 0.25) is 0 Å². The summed E-state index contributed by atoms with van der Waals surface area (Å²) in [4.78, 5) is 4.37. The molecule has 2 atom stereocenters. The number of hydrogen-bond donors (Lipinski definition) is 4. The van der Waals surface area contributed by atoms with E-state index in [0.29, 0.717) is 6.79 Å². The zero-order chi connectivity index (χ0) is 29.4. The molecule has 4 heterocycles. The van der Waals surface area contributed by atoms with Crippen molar-refractivity contribution < 1.29 is 18.9 Å². The lowest BCUT2D eigenvalue weighted by molar-refractivity contribution is 0.0276. The molecule has 4 aromatic rings. The van der Waals surface area contributed by atoms with Gasteiger partial charge in [-0.1, -0.05) is 40.2 Å². The number of rotatable bonds is 6. The highest BCUT2D eigenvalue weighted by molar-refractivity contribution is 9.10. The fraction of sp³-hybridized carbons (Fsp3) is 0.303. The Balaban J connectivity index is 0.000000153. The molecule has 0 radical (unpaired) electrons. The summed E-state index contributed by atoms with van der Waals surface area (Å²) in [5, 5.41) is 13.4. The number of pyridine rings is 1. The van der Waals surface area contributed by atoms with Crippen LogP contribution in [0.15, 0.2) is 83.5 Å². The molecule has 0 unspecified atom stereocenters. The van der Waals surface area contributed by atoms with E-state index in [9.17, 15) is 0 Å². The van der Waals surface area contributed by atoms with Crippen molar-refractivity contribution >= 4 is 38.8 Å². The number of aryl methyl sites for hydroxylation is 1. The number of fused-ring (bicyclic) bond motifs is 1. The quantitative estimate of drug-likeness (QED) is 0.190. The molecule has 0 aliphatic carbocycles. The smallest absolute Gasteiger partial charge is 0.231 e. The van der Waals surface area contributed by atoms with Crippen LogP contribution in [0.25, 0.3) is 0 Å². The molecule has 4 N–H and O–H groups in total. The Morgan fingerprint density at radius 2 is 1.30 bits per heavy atom. The van der Waals surface area contributed by atoms with Gasteiger partial charge in [0.2, 0.25) is 6.79 Å². The van der Waals surface area contributed by atoms with E-state index in [0.717, 1.165) is 83.8 Å². The third-order valence-electron chi connectivity index (χ3n) is 7.39. The van der Waals surface area contributed by atoms with Crippen molar-refractivity contribution in [1.82, 2.24) is 15.6 Å². The Morgan fingerprint density at radius 3 is 1.88 bits per heavy atom. The first kappa shape index (κ1) is 29.4. The molecule has 0 bridgehead atoms. The van der Waals surface area contributed by atoms with E-state index < -0.39 is 0 Å². The van der Waals surface area contributed by atoms with Gasteiger partial charge >= 0.3 is 0 Å². The van der Waals surface area contributed by atoms with Gasteiger partial charge in [0, 0.05) is 60.0 Å². The van der Waals surface area contributed by atoms with Gasteiger partial charge in [0.15, 0.2) is 11.5 Å². The minimum Gasteiger partial charge on any atom is -0.454 e. The molecule has 9 nitrogen and oxygen atoms in total. The number of morpholine rings is 2. The average molecular weight is 647 g/mol. The second kappa shape index (κ2) is 14.2. The molecular weight excluding hydrogens is 610 g/mol. The molecule has 0 spiro atoms. The summed E-state index contributed by atoms with van der Waals surface area (Å²) in [6.07, 6.45) is 2.15. The zero-order valence-corrected chi connectivity index (χ0v) is 25.7. The molecule has 3 aromatic carbocycles. The molecule has 0 amide bonds. The number of anilines is 4. The Hall–Kier alpha value is -3.67. The minimum absolute atomic E-state index is 0.147. The van der Waals surface area contributed by atoms with Crippen molar-refractivity contribution in [1.29, 1.82) is 0 Å². The summed E-state index contributed by atoms with van der Waals surface area (Å²) in [7, 11) is 0. The highest BCUT2D eigenvalue weighted by atomic mass is 79.9. The van der Waals surface area contributed by atoms with Crippen molar-refractivity contribution in [3.8, 4) is 11.5 Å². The zero-order valence-electron chi connectivity index (χ0n) is 24.1. The Bertz CT molecular complexity index is 1490. The van der Waals surface area contributed by atoms with Crippen molar-refractivity contribution in [3.05, 3.63) is 100 Å². The van der Waals surface area contributed by atoms with Crippen LogP contribution in [-0.4, -0.2) is 51.2 Å². The third-order valence-corrected chi connectivity index (χ3v) is 8.25. The van der Waals surface area contributed by atoms with Gasteiger partial charge in [-0.25, -0.2) is 4.98 Å². The number of nitrogens with one attached hydrogen (secondary N) is 4. The van der Waals surface area contributed by atoms with Crippen LogP contribution < -0.4 is 30.7 Å². The van der Waals surface area contributed by atoms with Gasteiger partial charge in [-0.15, -0.1) is 0 Å². The van der Waals surface area contributed by atoms with Gasteiger partial charge < -0.3 is 40.2 Å². The SMILES string of the molecule is Cc1cnc(Nc2ccc([C@H]3CNCCO3)cc2)cc1Br.c1cc([C@H]2CNCCO2)ccc1Nc1ccc2c(c1)OCO2. The molecule has 1 aromatic heterocycles. The van der Waals surface area contributed by atoms with Gasteiger partial charge in [0.05, 0.1) is 25.4 Å². The van der Waals surface area contributed by atoms with Crippen LogP contribution in [-0.2, 0) is 9.47 Å². The van der Waals surface area contributed by atoms with Crippen molar-refractivity contribution in [2.45, 2.75) is 19.1 Å². The van der Waals surface area contributed by atoms with E-state index >= 15 is 0 Å². The van der Waals surface area contributed by atoms with Gasteiger partial charge in [-0.2, -0.15) is 0 Å². The predicted octanol–water partition coefficient (Wildman–Crippen LogP) is 6.38. The van der Waals surface area contributed by atoms with Crippen LogP contribution in [0, 0.1) is 6.92 Å².